The molecule has 9 heteroatoms. The SMILES string of the molecule is O=C(O)CNC(=O)c1ccc(S(=O)(=O)N2CCC(c3ccsc3)CC2)cc1. The van der Waals surface area contributed by atoms with Crippen molar-refractivity contribution in [2.24, 2.45) is 0 Å². The number of hydrogen-bond donors (Lipinski definition) is 2. The number of carbonyl (C=O) groups is 2. The highest BCUT2D eigenvalue weighted by atomic mass is 32.2. The van der Waals surface area contributed by atoms with Crippen LogP contribution in [0.15, 0.2) is 46.0 Å². The van der Waals surface area contributed by atoms with Crippen LogP contribution in [0.4, 0.5) is 0 Å². The Morgan fingerprint density at radius 1 is 1.15 bits per heavy atom. The maximum Gasteiger partial charge on any atom is 0.322 e. The molecule has 3 rings (SSSR count). The lowest BCUT2D eigenvalue weighted by molar-refractivity contribution is -0.135. The van der Waals surface area contributed by atoms with Crippen molar-refractivity contribution >= 4 is 33.2 Å². The van der Waals surface area contributed by atoms with Crippen molar-refractivity contribution < 1.29 is 23.1 Å². The minimum Gasteiger partial charge on any atom is -0.480 e. The van der Waals surface area contributed by atoms with Gasteiger partial charge >= 0.3 is 5.97 Å². The highest BCUT2D eigenvalue weighted by Crippen LogP contribution is 2.31. The molecular formula is C18H20N2O5S2. The lowest BCUT2D eigenvalue weighted by Gasteiger charge is -2.31. The number of aliphatic carboxylic acids is 1. The van der Waals surface area contributed by atoms with Crippen LogP contribution in [0.2, 0.25) is 0 Å². The Kier molecular flexibility index (Phi) is 5.93. The summed E-state index contributed by atoms with van der Waals surface area (Å²) in [6, 6.07) is 7.64. The van der Waals surface area contributed by atoms with E-state index >= 15 is 0 Å². The summed E-state index contributed by atoms with van der Waals surface area (Å²) in [7, 11) is -3.61. The molecule has 0 spiro atoms. The molecule has 2 N–H and O–H groups in total. The van der Waals surface area contributed by atoms with Gasteiger partial charge in [0.05, 0.1) is 4.90 Å². The molecule has 7 nitrogen and oxygen atoms in total. The summed E-state index contributed by atoms with van der Waals surface area (Å²) in [6.07, 6.45) is 1.57. The van der Waals surface area contributed by atoms with Gasteiger partial charge in [-0.15, -0.1) is 0 Å². The van der Waals surface area contributed by atoms with Crippen molar-refractivity contribution in [3.8, 4) is 0 Å². The molecule has 0 aliphatic carbocycles. The van der Waals surface area contributed by atoms with Crippen LogP contribution in [-0.4, -0.2) is 49.3 Å². The number of sulfonamides is 1. The van der Waals surface area contributed by atoms with E-state index in [1.165, 1.54) is 34.1 Å². The molecule has 0 radical (unpaired) electrons. The second kappa shape index (κ2) is 8.20. The van der Waals surface area contributed by atoms with Gasteiger partial charge in [0.25, 0.3) is 5.91 Å². The first kappa shape index (κ1) is 19.5. The summed E-state index contributed by atoms with van der Waals surface area (Å²) < 4.78 is 27.1. The van der Waals surface area contributed by atoms with Gasteiger partial charge in [0.1, 0.15) is 6.54 Å². The maximum absolute atomic E-state index is 12.8. The zero-order chi connectivity index (χ0) is 19.4. The number of amides is 1. The van der Waals surface area contributed by atoms with E-state index in [9.17, 15) is 18.0 Å². The van der Waals surface area contributed by atoms with Crippen molar-refractivity contribution in [3.05, 3.63) is 52.2 Å². The van der Waals surface area contributed by atoms with Crippen LogP contribution in [0, 0.1) is 0 Å². The number of carboxylic acids is 1. The summed E-state index contributed by atoms with van der Waals surface area (Å²) >= 11 is 1.65. The third kappa shape index (κ3) is 4.55. The normalized spacial score (nSPS) is 16.1. The smallest absolute Gasteiger partial charge is 0.322 e. The van der Waals surface area contributed by atoms with Crippen LogP contribution in [0.3, 0.4) is 0 Å². The van der Waals surface area contributed by atoms with E-state index < -0.39 is 28.4 Å². The molecule has 1 aliphatic heterocycles. The number of thiophene rings is 1. The van der Waals surface area contributed by atoms with E-state index in [1.807, 2.05) is 5.38 Å². The third-order valence-corrected chi connectivity index (χ3v) is 7.24. The number of carboxylic acid groups (broad SMARTS) is 1. The Morgan fingerprint density at radius 3 is 2.37 bits per heavy atom. The number of piperidine rings is 1. The Balaban J connectivity index is 1.65. The molecule has 1 aromatic carbocycles. The van der Waals surface area contributed by atoms with Gasteiger partial charge in [-0.2, -0.15) is 15.6 Å². The Morgan fingerprint density at radius 2 is 1.81 bits per heavy atom. The monoisotopic (exact) mass is 408 g/mol. The molecule has 2 aromatic rings. The molecule has 1 amide bonds. The molecule has 1 aromatic heterocycles. The molecule has 144 valence electrons. The van der Waals surface area contributed by atoms with Gasteiger partial charge in [-0.1, -0.05) is 0 Å². The fourth-order valence-corrected chi connectivity index (χ4v) is 5.33. The molecule has 0 saturated carbocycles. The topological polar surface area (TPSA) is 104 Å². The average molecular weight is 409 g/mol. The number of nitrogens with one attached hydrogen (secondary N) is 1. The van der Waals surface area contributed by atoms with Crippen LogP contribution in [0.25, 0.3) is 0 Å². The van der Waals surface area contributed by atoms with Crippen molar-refractivity contribution in [1.82, 2.24) is 9.62 Å². The molecule has 27 heavy (non-hydrogen) atoms. The van der Waals surface area contributed by atoms with E-state index in [0.29, 0.717) is 19.0 Å². The van der Waals surface area contributed by atoms with Crippen LogP contribution in [0.1, 0.15) is 34.7 Å². The first-order chi connectivity index (χ1) is 12.9. The van der Waals surface area contributed by atoms with E-state index in [4.69, 9.17) is 5.11 Å². The summed E-state index contributed by atoms with van der Waals surface area (Å²) in [5, 5.41) is 15.0. The molecule has 2 heterocycles. The summed E-state index contributed by atoms with van der Waals surface area (Å²) in [5.74, 6) is -1.31. The van der Waals surface area contributed by atoms with E-state index in [0.717, 1.165) is 12.8 Å². The highest BCUT2D eigenvalue weighted by Gasteiger charge is 2.30. The van der Waals surface area contributed by atoms with Crippen LogP contribution < -0.4 is 5.32 Å². The number of benzene rings is 1. The summed E-state index contributed by atoms with van der Waals surface area (Å²) in [6.45, 7) is 0.436. The first-order valence-electron chi connectivity index (χ1n) is 8.50. The molecule has 1 fully saturated rings. The number of hydrogen-bond acceptors (Lipinski definition) is 5. The highest BCUT2D eigenvalue weighted by molar-refractivity contribution is 7.89. The Bertz CT molecular complexity index is 900. The van der Waals surface area contributed by atoms with Gasteiger partial charge in [0.2, 0.25) is 10.0 Å². The zero-order valence-electron chi connectivity index (χ0n) is 14.5. The van der Waals surface area contributed by atoms with Crippen LogP contribution in [-0.2, 0) is 14.8 Å². The van der Waals surface area contributed by atoms with Gasteiger partial charge in [0, 0.05) is 18.7 Å². The van der Waals surface area contributed by atoms with Crippen molar-refractivity contribution in [2.45, 2.75) is 23.7 Å². The first-order valence-corrected chi connectivity index (χ1v) is 10.9. The fraction of sp³-hybridized carbons (Fsp3) is 0.333. The molecule has 1 saturated heterocycles. The van der Waals surface area contributed by atoms with Gasteiger partial charge in [-0.05, 0) is 65.4 Å². The summed E-state index contributed by atoms with van der Waals surface area (Å²) in [5.41, 5.74) is 1.49. The lowest BCUT2D eigenvalue weighted by atomic mass is 9.92. The Labute approximate surface area is 161 Å². The predicted octanol–water partition coefficient (Wildman–Crippen LogP) is 2.13. The van der Waals surface area contributed by atoms with Gasteiger partial charge < -0.3 is 10.4 Å². The molecule has 1 aliphatic rings. The molecular weight excluding hydrogens is 388 g/mol. The number of rotatable bonds is 6. The second-order valence-corrected chi connectivity index (χ2v) is 9.05. The molecule has 0 atom stereocenters. The van der Waals surface area contributed by atoms with E-state index in [1.54, 1.807) is 11.3 Å². The molecule has 0 bridgehead atoms. The minimum atomic E-state index is -3.61. The van der Waals surface area contributed by atoms with E-state index in [2.05, 4.69) is 16.8 Å². The minimum absolute atomic E-state index is 0.131. The molecule has 0 unspecified atom stereocenters. The second-order valence-electron chi connectivity index (χ2n) is 6.34. The average Bonchev–Trinajstić information content (AvgIpc) is 3.21. The zero-order valence-corrected chi connectivity index (χ0v) is 16.1. The summed E-state index contributed by atoms with van der Waals surface area (Å²) in [4.78, 5) is 22.5. The van der Waals surface area contributed by atoms with Gasteiger partial charge in [0.15, 0.2) is 0 Å². The number of carbonyl (C=O) groups excluding carboxylic acids is 1. The lowest BCUT2D eigenvalue weighted by Crippen LogP contribution is -2.37. The van der Waals surface area contributed by atoms with Crippen LogP contribution in [0.5, 0.6) is 0 Å². The van der Waals surface area contributed by atoms with Crippen molar-refractivity contribution in [3.63, 3.8) is 0 Å². The predicted molar refractivity (Wildman–Crippen MR) is 101 cm³/mol. The number of nitrogens with zero attached hydrogens (tertiary/aromatic N) is 1. The quantitative estimate of drug-likeness (QED) is 0.762. The van der Waals surface area contributed by atoms with E-state index in [-0.39, 0.29) is 10.5 Å². The largest absolute Gasteiger partial charge is 0.480 e. The standard InChI is InChI=1S/C18H20N2O5S2/c21-17(22)11-19-18(23)14-1-3-16(4-2-14)27(24,25)20-8-5-13(6-9-20)15-7-10-26-12-15/h1-4,7,10,12-13H,5-6,8-9,11H2,(H,19,23)(H,21,22). The maximum atomic E-state index is 12.8. The van der Waals surface area contributed by atoms with Gasteiger partial charge in [-0.3, -0.25) is 9.59 Å². The van der Waals surface area contributed by atoms with Crippen molar-refractivity contribution in [1.29, 1.82) is 0 Å². The van der Waals surface area contributed by atoms with Crippen molar-refractivity contribution in [2.75, 3.05) is 19.6 Å². The Hall–Kier alpha value is -2.23. The van der Waals surface area contributed by atoms with Gasteiger partial charge in [-0.25, -0.2) is 8.42 Å². The van der Waals surface area contributed by atoms with Crippen LogP contribution >= 0.6 is 11.3 Å². The third-order valence-electron chi connectivity index (χ3n) is 4.62. The fourth-order valence-electron chi connectivity index (χ4n) is 3.12.